The van der Waals surface area contributed by atoms with Crippen LogP contribution in [0.3, 0.4) is 0 Å². The Balaban J connectivity index is 1.32. The summed E-state index contributed by atoms with van der Waals surface area (Å²) < 4.78 is 30.1. The highest BCUT2D eigenvalue weighted by Crippen LogP contribution is 2.33. The standard InChI is InChI=1S/C25H36N8O2S/c1-17-6-12-21(13-7-17)36(34,35)29-15-14-27-23-22-24(33(16-28-22)20-4-2-3-5-20)32-25(31-23)30-19-10-8-18(26)9-11-19/h6-7,12-13,16,18-20,29H,2-5,8-11,14-15,26H2,1H3,(H2,27,30,31,32). The molecule has 0 atom stereocenters. The number of nitrogens with two attached hydrogens (primary N) is 1. The van der Waals surface area contributed by atoms with E-state index >= 15 is 0 Å². The van der Waals surface area contributed by atoms with E-state index < -0.39 is 10.0 Å². The highest BCUT2D eigenvalue weighted by molar-refractivity contribution is 7.89. The summed E-state index contributed by atoms with van der Waals surface area (Å²) in [6, 6.07) is 7.78. The second kappa shape index (κ2) is 10.7. The molecule has 0 bridgehead atoms. The third-order valence-corrected chi connectivity index (χ3v) is 8.76. The third kappa shape index (κ3) is 5.63. The molecule has 10 nitrogen and oxygen atoms in total. The van der Waals surface area contributed by atoms with Gasteiger partial charge in [-0.3, -0.25) is 0 Å². The number of nitrogens with one attached hydrogen (secondary N) is 3. The molecular formula is C25H36N8O2S. The highest BCUT2D eigenvalue weighted by Gasteiger charge is 2.24. The molecule has 2 saturated carbocycles. The molecule has 0 saturated heterocycles. The molecule has 2 heterocycles. The third-order valence-electron chi connectivity index (χ3n) is 7.29. The van der Waals surface area contributed by atoms with E-state index in [2.05, 4.69) is 24.9 Å². The van der Waals surface area contributed by atoms with E-state index in [-0.39, 0.29) is 17.5 Å². The molecule has 0 radical (unpaired) electrons. The van der Waals surface area contributed by atoms with Crippen LogP contribution in [0.1, 0.15) is 63.0 Å². The van der Waals surface area contributed by atoms with Crippen LogP contribution in [0.2, 0.25) is 0 Å². The Hall–Kier alpha value is -2.76. The van der Waals surface area contributed by atoms with Gasteiger partial charge in [0.1, 0.15) is 0 Å². The minimum atomic E-state index is -3.58. The van der Waals surface area contributed by atoms with Crippen LogP contribution < -0.4 is 21.1 Å². The largest absolute Gasteiger partial charge is 0.367 e. The Bertz CT molecular complexity index is 1280. The van der Waals surface area contributed by atoms with Gasteiger partial charge < -0.3 is 20.9 Å². The summed E-state index contributed by atoms with van der Waals surface area (Å²) in [6.45, 7) is 2.51. The first-order chi connectivity index (χ1) is 17.4. The Morgan fingerprint density at radius 2 is 1.72 bits per heavy atom. The number of hydrogen-bond donors (Lipinski definition) is 4. The Kier molecular flexibility index (Phi) is 7.40. The first-order valence-corrected chi connectivity index (χ1v) is 14.4. The van der Waals surface area contributed by atoms with Crippen LogP contribution in [-0.2, 0) is 10.0 Å². The topological polar surface area (TPSA) is 140 Å². The predicted octanol–water partition coefficient (Wildman–Crippen LogP) is 3.32. The van der Waals surface area contributed by atoms with Crippen LogP contribution in [0.4, 0.5) is 11.8 Å². The monoisotopic (exact) mass is 512 g/mol. The van der Waals surface area contributed by atoms with Crippen molar-refractivity contribution in [1.29, 1.82) is 0 Å². The van der Waals surface area contributed by atoms with Crippen molar-refractivity contribution in [3.8, 4) is 0 Å². The fourth-order valence-corrected chi connectivity index (χ4v) is 6.20. The zero-order valence-corrected chi connectivity index (χ0v) is 21.6. The predicted molar refractivity (Wildman–Crippen MR) is 142 cm³/mol. The molecule has 2 aliphatic carbocycles. The van der Waals surface area contributed by atoms with Crippen LogP contribution in [0, 0.1) is 6.92 Å². The smallest absolute Gasteiger partial charge is 0.240 e. The summed E-state index contributed by atoms with van der Waals surface area (Å²) >= 11 is 0. The van der Waals surface area contributed by atoms with E-state index in [1.165, 1.54) is 12.8 Å². The summed E-state index contributed by atoms with van der Waals surface area (Å²) in [4.78, 5) is 14.5. The number of fused-ring (bicyclic) bond motifs is 1. The van der Waals surface area contributed by atoms with E-state index in [4.69, 9.17) is 15.7 Å². The van der Waals surface area contributed by atoms with Crippen molar-refractivity contribution in [3.63, 3.8) is 0 Å². The second-order valence-electron chi connectivity index (χ2n) is 10.1. The first-order valence-electron chi connectivity index (χ1n) is 13.0. The maximum atomic E-state index is 12.6. The summed E-state index contributed by atoms with van der Waals surface area (Å²) in [5, 5.41) is 6.81. The van der Waals surface area contributed by atoms with E-state index in [1.807, 2.05) is 13.3 Å². The molecule has 36 heavy (non-hydrogen) atoms. The Morgan fingerprint density at radius 1 is 1.00 bits per heavy atom. The molecule has 2 aromatic heterocycles. The Labute approximate surface area is 212 Å². The van der Waals surface area contributed by atoms with E-state index in [9.17, 15) is 8.42 Å². The molecule has 2 fully saturated rings. The maximum absolute atomic E-state index is 12.6. The number of rotatable bonds is 9. The van der Waals surface area contributed by atoms with Gasteiger partial charge in [-0.1, -0.05) is 30.5 Å². The molecule has 2 aliphatic rings. The average Bonchev–Trinajstić information content (AvgIpc) is 3.53. The number of benzene rings is 1. The van der Waals surface area contributed by atoms with Crippen molar-refractivity contribution < 1.29 is 8.42 Å². The maximum Gasteiger partial charge on any atom is 0.240 e. The average molecular weight is 513 g/mol. The van der Waals surface area contributed by atoms with Crippen LogP contribution in [0.15, 0.2) is 35.5 Å². The summed E-state index contributed by atoms with van der Waals surface area (Å²) in [5.74, 6) is 1.19. The number of aromatic nitrogens is 4. The van der Waals surface area contributed by atoms with Gasteiger partial charge in [-0.05, 0) is 57.6 Å². The summed E-state index contributed by atoms with van der Waals surface area (Å²) in [7, 11) is -3.58. The minimum absolute atomic E-state index is 0.217. The van der Waals surface area contributed by atoms with Gasteiger partial charge in [-0.2, -0.15) is 9.97 Å². The number of aryl methyl sites for hydroxylation is 1. The number of sulfonamides is 1. The van der Waals surface area contributed by atoms with E-state index in [1.54, 1.807) is 24.3 Å². The molecule has 0 unspecified atom stereocenters. The second-order valence-corrected chi connectivity index (χ2v) is 11.8. The van der Waals surface area contributed by atoms with Gasteiger partial charge in [0.15, 0.2) is 17.0 Å². The molecule has 0 amide bonds. The lowest BCUT2D eigenvalue weighted by Gasteiger charge is -2.27. The molecular weight excluding hydrogens is 476 g/mol. The van der Waals surface area contributed by atoms with Crippen LogP contribution in [-0.4, -0.2) is 53.1 Å². The molecule has 11 heteroatoms. The molecule has 0 aliphatic heterocycles. The van der Waals surface area contributed by atoms with Gasteiger partial charge in [-0.15, -0.1) is 0 Å². The van der Waals surface area contributed by atoms with E-state index in [0.717, 1.165) is 49.7 Å². The van der Waals surface area contributed by atoms with Crippen molar-refractivity contribution in [3.05, 3.63) is 36.2 Å². The van der Waals surface area contributed by atoms with Crippen molar-refractivity contribution in [1.82, 2.24) is 24.2 Å². The number of imidazole rings is 1. The van der Waals surface area contributed by atoms with Gasteiger partial charge in [0.25, 0.3) is 0 Å². The quantitative estimate of drug-likeness (QED) is 0.320. The van der Waals surface area contributed by atoms with Crippen LogP contribution in [0.5, 0.6) is 0 Å². The lowest BCUT2D eigenvalue weighted by Crippen LogP contribution is -2.33. The normalized spacial score (nSPS) is 21.2. The van der Waals surface area contributed by atoms with Crippen molar-refractivity contribution >= 4 is 33.0 Å². The highest BCUT2D eigenvalue weighted by atomic mass is 32.2. The lowest BCUT2D eigenvalue weighted by molar-refractivity contribution is 0.410. The van der Waals surface area contributed by atoms with Crippen LogP contribution in [0.25, 0.3) is 11.2 Å². The lowest BCUT2D eigenvalue weighted by atomic mass is 9.92. The molecule has 194 valence electrons. The minimum Gasteiger partial charge on any atom is -0.367 e. The fourth-order valence-electron chi connectivity index (χ4n) is 5.17. The number of hydrogen-bond acceptors (Lipinski definition) is 8. The zero-order chi connectivity index (χ0) is 25.1. The summed E-state index contributed by atoms with van der Waals surface area (Å²) in [5.41, 5.74) is 8.61. The number of nitrogens with zero attached hydrogens (tertiary/aromatic N) is 4. The van der Waals surface area contributed by atoms with Gasteiger partial charge in [-0.25, -0.2) is 18.1 Å². The molecule has 3 aromatic rings. The zero-order valence-electron chi connectivity index (χ0n) is 20.8. The molecule has 1 aromatic carbocycles. The first kappa shape index (κ1) is 24.9. The molecule has 5 rings (SSSR count). The van der Waals surface area contributed by atoms with Crippen LogP contribution >= 0.6 is 0 Å². The van der Waals surface area contributed by atoms with E-state index in [0.29, 0.717) is 35.9 Å². The SMILES string of the molecule is Cc1ccc(S(=O)(=O)NCCNc2nc(NC3CCC(N)CC3)nc3c2ncn3C2CCCC2)cc1. The summed E-state index contributed by atoms with van der Waals surface area (Å²) in [6.07, 6.45) is 10.5. The Morgan fingerprint density at radius 3 is 2.44 bits per heavy atom. The van der Waals surface area contributed by atoms with Crippen molar-refractivity contribution in [2.75, 3.05) is 23.7 Å². The fraction of sp³-hybridized carbons (Fsp3) is 0.560. The van der Waals surface area contributed by atoms with Gasteiger partial charge in [0.05, 0.1) is 11.2 Å². The van der Waals surface area contributed by atoms with Crippen molar-refractivity contribution in [2.24, 2.45) is 5.73 Å². The molecule has 0 spiro atoms. The van der Waals surface area contributed by atoms with Crippen molar-refractivity contribution in [2.45, 2.75) is 81.3 Å². The van der Waals surface area contributed by atoms with Gasteiger partial charge >= 0.3 is 0 Å². The van der Waals surface area contributed by atoms with Gasteiger partial charge in [0.2, 0.25) is 16.0 Å². The molecule has 5 N–H and O–H groups in total. The number of anilines is 2. The van der Waals surface area contributed by atoms with Gasteiger partial charge in [0, 0.05) is 31.2 Å².